The van der Waals surface area contributed by atoms with E-state index in [1.165, 1.54) is 0 Å². The van der Waals surface area contributed by atoms with E-state index < -0.39 is 5.97 Å². The molecule has 0 unspecified atom stereocenters. The summed E-state index contributed by atoms with van der Waals surface area (Å²) in [7, 11) is 3.21. The highest BCUT2D eigenvalue weighted by molar-refractivity contribution is 5.77. The van der Waals surface area contributed by atoms with E-state index in [1.807, 2.05) is 25.1 Å². The lowest BCUT2D eigenvalue weighted by Gasteiger charge is -2.20. The summed E-state index contributed by atoms with van der Waals surface area (Å²) in [4.78, 5) is 24.3. The second-order valence-corrected chi connectivity index (χ2v) is 5.15. The van der Waals surface area contributed by atoms with Crippen molar-refractivity contribution in [3.63, 3.8) is 0 Å². The summed E-state index contributed by atoms with van der Waals surface area (Å²) in [6.07, 6.45) is 1.77. The summed E-state index contributed by atoms with van der Waals surface area (Å²) in [5.41, 5.74) is 1.02. The van der Waals surface area contributed by atoms with E-state index >= 15 is 0 Å². The molecule has 0 fully saturated rings. The fourth-order valence-corrected chi connectivity index (χ4v) is 2.34. The van der Waals surface area contributed by atoms with Gasteiger partial charge in [-0.3, -0.25) is 9.59 Å². The van der Waals surface area contributed by atoms with Gasteiger partial charge in [0.15, 0.2) is 0 Å². The fourth-order valence-electron chi connectivity index (χ4n) is 2.34. The monoisotopic (exact) mass is 323 g/mol. The first-order chi connectivity index (χ1) is 11.0. The lowest BCUT2D eigenvalue weighted by molar-refractivity contribution is -0.138. The first-order valence-electron chi connectivity index (χ1n) is 7.72. The van der Waals surface area contributed by atoms with Crippen LogP contribution in [0.1, 0.15) is 31.7 Å². The molecule has 1 amide bonds. The van der Waals surface area contributed by atoms with Crippen molar-refractivity contribution < 1.29 is 24.2 Å². The number of carboxylic acid groups (broad SMARTS) is 1. The standard InChI is InChI=1S/C17H25NO5/c1-4-18(11-10-17(20)21)16(19)7-5-6-13-8-9-14(22-2)12-15(13)23-3/h8-9,12H,4-7,10-11H2,1-3H3,(H,20,21). The summed E-state index contributed by atoms with van der Waals surface area (Å²) in [5, 5.41) is 8.70. The molecule has 0 aliphatic rings. The van der Waals surface area contributed by atoms with E-state index in [9.17, 15) is 9.59 Å². The van der Waals surface area contributed by atoms with E-state index in [0.717, 1.165) is 23.5 Å². The van der Waals surface area contributed by atoms with Gasteiger partial charge in [0.25, 0.3) is 0 Å². The maximum atomic E-state index is 12.1. The van der Waals surface area contributed by atoms with E-state index in [-0.39, 0.29) is 18.9 Å². The Morgan fingerprint density at radius 2 is 1.91 bits per heavy atom. The largest absolute Gasteiger partial charge is 0.497 e. The molecule has 1 aromatic rings. The molecule has 0 aromatic heterocycles. The highest BCUT2D eigenvalue weighted by Gasteiger charge is 2.13. The van der Waals surface area contributed by atoms with Crippen LogP contribution in [0.25, 0.3) is 0 Å². The zero-order valence-electron chi connectivity index (χ0n) is 14.0. The van der Waals surface area contributed by atoms with Gasteiger partial charge in [-0.2, -0.15) is 0 Å². The number of carboxylic acids is 1. The average molecular weight is 323 g/mol. The van der Waals surface area contributed by atoms with Crippen LogP contribution in [0.4, 0.5) is 0 Å². The van der Waals surface area contributed by atoms with Gasteiger partial charge in [-0.25, -0.2) is 0 Å². The van der Waals surface area contributed by atoms with Crippen LogP contribution in [0.2, 0.25) is 0 Å². The summed E-state index contributed by atoms with van der Waals surface area (Å²) >= 11 is 0. The van der Waals surface area contributed by atoms with Crippen molar-refractivity contribution in [2.24, 2.45) is 0 Å². The van der Waals surface area contributed by atoms with Gasteiger partial charge in [0.2, 0.25) is 5.91 Å². The predicted molar refractivity (Wildman–Crippen MR) is 87.0 cm³/mol. The highest BCUT2D eigenvalue weighted by Crippen LogP contribution is 2.25. The number of hydrogen-bond donors (Lipinski definition) is 1. The van der Waals surface area contributed by atoms with Gasteiger partial charge in [0.1, 0.15) is 11.5 Å². The number of nitrogens with zero attached hydrogens (tertiary/aromatic N) is 1. The highest BCUT2D eigenvalue weighted by atomic mass is 16.5. The number of aryl methyl sites for hydroxylation is 1. The van der Waals surface area contributed by atoms with Gasteiger partial charge in [-0.1, -0.05) is 6.07 Å². The van der Waals surface area contributed by atoms with E-state index in [0.29, 0.717) is 19.4 Å². The number of rotatable bonds is 10. The van der Waals surface area contributed by atoms with Gasteiger partial charge in [-0.15, -0.1) is 0 Å². The Labute approximate surface area is 137 Å². The molecule has 1 aromatic carbocycles. The van der Waals surface area contributed by atoms with E-state index in [2.05, 4.69) is 0 Å². The zero-order valence-corrected chi connectivity index (χ0v) is 14.0. The smallest absolute Gasteiger partial charge is 0.305 e. The molecule has 1 rings (SSSR count). The first kappa shape index (κ1) is 18.8. The Hall–Kier alpha value is -2.24. The third-order valence-electron chi connectivity index (χ3n) is 3.66. The Morgan fingerprint density at radius 1 is 1.17 bits per heavy atom. The number of carbonyl (C=O) groups excluding carboxylic acids is 1. The van der Waals surface area contributed by atoms with Crippen molar-refractivity contribution >= 4 is 11.9 Å². The van der Waals surface area contributed by atoms with Crippen LogP contribution in [-0.2, 0) is 16.0 Å². The quantitative estimate of drug-likeness (QED) is 0.715. The van der Waals surface area contributed by atoms with Crippen LogP contribution in [0, 0.1) is 0 Å². The molecule has 0 saturated heterocycles. The lowest BCUT2D eigenvalue weighted by atomic mass is 10.1. The van der Waals surface area contributed by atoms with Crippen molar-refractivity contribution in [3.8, 4) is 11.5 Å². The van der Waals surface area contributed by atoms with Crippen molar-refractivity contribution in [3.05, 3.63) is 23.8 Å². The first-order valence-corrected chi connectivity index (χ1v) is 7.72. The zero-order chi connectivity index (χ0) is 17.2. The molecule has 0 bridgehead atoms. The molecular formula is C17H25NO5. The third kappa shape index (κ3) is 6.18. The summed E-state index contributed by atoms with van der Waals surface area (Å²) in [6, 6.07) is 5.62. The topological polar surface area (TPSA) is 76.1 Å². The molecule has 23 heavy (non-hydrogen) atoms. The van der Waals surface area contributed by atoms with Crippen molar-refractivity contribution in [2.45, 2.75) is 32.6 Å². The van der Waals surface area contributed by atoms with E-state index in [1.54, 1.807) is 19.1 Å². The second-order valence-electron chi connectivity index (χ2n) is 5.15. The summed E-state index contributed by atoms with van der Waals surface area (Å²) in [5.74, 6) is 0.572. The Bertz CT molecular complexity index is 530. The number of amides is 1. The molecule has 0 radical (unpaired) electrons. The molecule has 6 nitrogen and oxygen atoms in total. The molecule has 0 heterocycles. The van der Waals surface area contributed by atoms with Gasteiger partial charge < -0.3 is 19.5 Å². The molecule has 0 spiro atoms. The number of methoxy groups -OCH3 is 2. The minimum absolute atomic E-state index is 0.0128. The number of hydrogen-bond acceptors (Lipinski definition) is 4. The lowest BCUT2D eigenvalue weighted by Crippen LogP contribution is -2.32. The molecule has 6 heteroatoms. The van der Waals surface area contributed by atoms with Crippen LogP contribution in [0.15, 0.2) is 18.2 Å². The molecule has 128 valence electrons. The third-order valence-corrected chi connectivity index (χ3v) is 3.66. The number of aliphatic carboxylic acids is 1. The Morgan fingerprint density at radius 3 is 2.48 bits per heavy atom. The molecule has 1 N–H and O–H groups in total. The maximum Gasteiger partial charge on any atom is 0.305 e. The van der Waals surface area contributed by atoms with Crippen LogP contribution in [-0.4, -0.2) is 49.2 Å². The van der Waals surface area contributed by atoms with Gasteiger partial charge in [-0.05, 0) is 31.4 Å². The number of ether oxygens (including phenoxy) is 2. The Kier molecular flexibility index (Phi) is 7.94. The summed E-state index contributed by atoms with van der Waals surface area (Å²) < 4.78 is 10.5. The minimum Gasteiger partial charge on any atom is -0.497 e. The van der Waals surface area contributed by atoms with Crippen LogP contribution < -0.4 is 9.47 Å². The SMILES string of the molecule is CCN(CCC(=O)O)C(=O)CCCc1ccc(OC)cc1OC. The summed E-state index contributed by atoms with van der Waals surface area (Å²) in [6.45, 7) is 2.64. The molecule has 0 atom stereocenters. The molecule has 0 saturated carbocycles. The van der Waals surface area contributed by atoms with Crippen molar-refractivity contribution in [2.75, 3.05) is 27.3 Å². The normalized spacial score (nSPS) is 10.2. The fraction of sp³-hybridized carbons (Fsp3) is 0.529. The van der Waals surface area contributed by atoms with Crippen LogP contribution in [0.3, 0.4) is 0 Å². The van der Waals surface area contributed by atoms with Gasteiger partial charge >= 0.3 is 5.97 Å². The maximum absolute atomic E-state index is 12.1. The predicted octanol–water partition coefficient (Wildman–Crippen LogP) is 2.35. The minimum atomic E-state index is -0.890. The van der Waals surface area contributed by atoms with Crippen molar-refractivity contribution in [1.29, 1.82) is 0 Å². The van der Waals surface area contributed by atoms with Crippen molar-refractivity contribution in [1.82, 2.24) is 4.90 Å². The Balaban J connectivity index is 2.52. The number of carbonyl (C=O) groups is 2. The van der Waals surface area contributed by atoms with Crippen LogP contribution >= 0.6 is 0 Å². The molecule has 0 aliphatic heterocycles. The van der Waals surface area contributed by atoms with Crippen LogP contribution in [0.5, 0.6) is 11.5 Å². The second kappa shape index (κ2) is 9.71. The van der Waals surface area contributed by atoms with Gasteiger partial charge in [0, 0.05) is 25.6 Å². The molecular weight excluding hydrogens is 298 g/mol. The van der Waals surface area contributed by atoms with Gasteiger partial charge in [0.05, 0.1) is 20.6 Å². The average Bonchev–Trinajstić information content (AvgIpc) is 2.55. The number of benzene rings is 1. The van der Waals surface area contributed by atoms with E-state index in [4.69, 9.17) is 14.6 Å². The molecule has 0 aliphatic carbocycles.